The Bertz CT molecular complexity index is 468. The van der Waals surface area contributed by atoms with Gasteiger partial charge in [-0.05, 0) is 43.5 Å². The smallest absolute Gasteiger partial charge is 0.303 e. The zero-order valence-corrected chi connectivity index (χ0v) is 11.2. The average molecular weight is 282 g/mol. The number of carboxylic acid groups (broad SMARTS) is 1. The first-order valence-electron chi connectivity index (χ1n) is 6.34. The summed E-state index contributed by atoms with van der Waals surface area (Å²) in [4.78, 5) is 23.0. The highest BCUT2D eigenvalue weighted by Gasteiger charge is 2.29. The fourth-order valence-corrected chi connectivity index (χ4v) is 2.03. The number of carboxylic acids is 1. The van der Waals surface area contributed by atoms with Gasteiger partial charge in [0.15, 0.2) is 5.78 Å². The minimum absolute atomic E-state index is 0.0102. The zero-order valence-electron chi connectivity index (χ0n) is 10.4. The lowest BCUT2D eigenvalue weighted by atomic mass is 10.00. The lowest BCUT2D eigenvalue weighted by Gasteiger charge is -2.16. The first-order chi connectivity index (χ1) is 9.06. The minimum Gasteiger partial charge on any atom is -0.481 e. The molecule has 1 fully saturated rings. The SMILES string of the molecule is O=C(O)CCC(NC1CC1)C(=O)c1ccc(Cl)cc1. The normalized spacial score (nSPS) is 16.1. The molecule has 1 atom stereocenters. The molecule has 0 aromatic heterocycles. The molecular weight excluding hydrogens is 266 g/mol. The summed E-state index contributed by atoms with van der Waals surface area (Å²) < 4.78 is 0. The van der Waals surface area contributed by atoms with Crippen LogP contribution in [0.1, 0.15) is 36.0 Å². The number of ketones is 1. The van der Waals surface area contributed by atoms with E-state index in [1.165, 1.54) is 0 Å². The number of benzene rings is 1. The number of rotatable bonds is 7. The van der Waals surface area contributed by atoms with Gasteiger partial charge >= 0.3 is 5.97 Å². The van der Waals surface area contributed by atoms with E-state index in [4.69, 9.17) is 16.7 Å². The summed E-state index contributed by atoms with van der Waals surface area (Å²) in [5.74, 6) is -0.948. The first-order valence-corrected chi connectivity index (χ1v) is 6.71. The van der Waals surface area contributed by atoms with E-state index < -0.39 is 12.0 Å². The molecule has 19 heavy (non-hydrogen) atoms. The molecule has 0 saturated heterocycles. The van der Waals surface area contributed by atoms with E-state index in [2.05, 4.69) is 5.32 Å². The first kappa shape index (κ1) is 14.0. The van der Waals surface area contributed by atoms with Gasteiger partial charge in [0.2, 0.25) is 0 Å². The molecule has 102 valence electrons. The van der Waals surface area contributed by atoms with Crippen molar-refractivity contribution in [3.63, 3.8) is 0 Å². The van der Waals surface area contributed by atoms with Crippen molar-refractivity contribution in [1.82, 2.24) is 5.32 Å². The van der Waals surface area contributed by atoms with Crippen LogP contribution in [0.3, 0.4) is 0 Å². The van der Waals surface area contributed by atoms with Gasteiger partial charge in [-0.25, -0.2) is 0 Å². The number of Topliss-reactive ketones (excluding diaryl/α,β-unsaturated/α-hetero) is 1. The molecule has 1 aromatic rings. The fourth-order valence-electron chi connectivity index (χ4n) is 1.91. The number of carbonyl (C=O) groups excluding carboxylic acids is 1. The number of carbonyl (C=O) groups is 2. The molecule has 0 spiro atoms. The van der Waals surface area contributed by atoms with Crippen LogP contribution in [0.15, 0.2) is 24.3 Å². The Balaban J connectivity index is 2.04. The van der Waals surface area contributed by atoms with Crippen LogP contribution in [-0.2, 0) is 4.79 Å². The van der Waals surface area contributed by atoms with Crippen molar-refractivity contribution < 1.29 is 14.7 Å². The summed E-state index contributed by atoms with van der Waals surface area (Å²) in [6.45, 7) is 0. The summed E-state index contributed by atoms with van der Waals surface area (Å²) in [6, 6.07) is 6.61. The van der Waals surface area contributed by atoms with Gasteiger partial charge in [0.1, 0.15) is 0 Å². The molecule has 4 nitrogen and oxygen atoms in total. The topological polar surface area (TPSA) is 66.4 Å². The van der Waals surface area contributed by atoms with Crippen LogP contribution in [0.5, 0.6) is 0 Å². The van der Waals surface area contributed by atoms with Gasteiger partial charge in [-0.1, -0.05) is 11.6 Å². The fraction of sp³-hybridized carbons (Fsp3) is 0.429. The quantitative estimate of drug-likeness (QED) is 0.754. The van der Waals surface area contributed by atoms with E-state index in [0.29, 0.717) is 23.0 Å². The van der Waals surface area contributed by atoms with Gasteiger partial charge in [-0.2, -0.15) is 0 Å². The summed E-state index contributed by atoms with van der Waals surface area (Å²) >= 11 is 5.79. The van der Waals surface area contributed by atoms with Gasteiger partial charge in [-0.15, -0.1) is 0 Å². The average Bonchev–Trinajstić information content (AvgIpc) is 3.18. The highest BCUT2D eigenvalue weighted by atomic mass is 35.5. The largest absolute Gasteiger partial charge is 0.481 e. The Kier molecular flexibility index (Phi) is 4.56. The molecule has 0 radical (unpaired) electrons. The molecule has 2 N–H and O–H groups in total. The van der Waals surface area contributed by atoms with Crippen molar-refractivity contribution in [1.29, 1.82) is 0 Å². The van der Waals surface area contributed by atoms with Crippen molar-refractivity contribution in [3.8, 4) is 0 Å². The summed E-state index contributed by atoms with van der Waals surface area (Å²) in [7, 11) is 0. The number of aliphatic carboxylic acids is 1. The van der Waals surface area contributed by atoms with Gasteiger partial charge in [0.05, 0.1) is 6.04 Å². The minimum atomic E-state index is -0.883. The molecule has 1 unspecified atom stereocenters. The van der Waals surface area contributed by atoms with E-state index in [1.54, 1.807) is 24.3 Å². The molecule has 0 bridgehead atoms. The monoisotopic (exact) mass is 281 g/mol. The van der Waals surface area contributed by atoms with E-state index in [0.717, 1.165) is 12.8 Å². The molecule has 1 aromatic carbocycles. The van der Waals surface area contributed by atoms with Crippen molar-refractivity contribution >= 4 is 23.4 Å². The Morgan fingerprint density at radius 1 is 1.32 bits per heavy atom. The second-order valence-corrected chi connectivity index (χ2v) is 5.23. The molecule has 0 amide bonds. The van der Waals surface area contributed by atoms with Crippen LogP contribution in [0.2, 0.25) is 5.02 Å². The van der Waals surface area contributed by atoms with Crippen molar-refractivity contribution in [2.75, 3.05) is 0 Å². The maximum atomic E-state index is 12.3. The van der Waals surface area contributed by atoms with Crippen molar-refractivity contribution in [3.05, 3.63) is 34.9 Å². The van der Waals surface area contributed by atoms with Crippen molar-refractivity contribution in [2.45, 2.75) is 37.8 Å². The molecule has 0 aliphatic heterocycles. The molecular formula is C14H16ClNO3. The van der Waals surface area contributed by atoms with E-state index in [-0.39, 0.29) is 12.2 Å². The second-order valence-electron chi connectivity index (χ2n) is 4.80. The molecule has 1 aliphatic carbocycles. The highest BCUT2D eigenvalue weighted by molar-refractivity contribution is 6.30. The molecule has 1 saturated carbocycles. The molecule has 5 heteroatoms. The Labute approximate surface area is 116 Å². The number of nitrogens with one attached hydrogen (secondary N) is 1. The molecule has 0 heterocycles. The number of halogens is 1. The van der Waals surface area contributed by atoms with Gasteiger partial charge in [0, 0.05) is 23.0 Å². The summed E-state index contributed by atoms with van der Waals surface area (Å²) in [6.07, 6.45) is 2.41. The van der Waals surface area contributed by atoms with Gasteiger partial charge < -0.3 is 10.4 Å². The van der Waals surface area contributed by atoms with Gasteiger partial charge in [-0.3, -0.25) is 9.59 Å². The maximum Gasteiger partial charge on any atom is 0.303 e. The van der Waals surface area contributed by atoms with E-state index in [9.17, 15) is 9.59 Å². The van der Waals surface area contributed by atoms with E-state index >= 15 is 0 Å². The van der Waals surface area contributed by atoms with Crippen LogP contribution < -0.4 is 5.32 Å². The third-order valence-electron chi connectivity index (χ3n) is 3.11. The lowest BCUT2D eigenvalue weighted by molar-refractivity contribution is -0.137. The standard InChI is InChI=1S/C14H16ClNO3/c15-10-3-1-9(2-4-10)14(19)12(7-8-13(17)18)16-11-5-6-11/h1-4,11-12,16H,5-8H2,(H,17,18). The van der Waals surface area contributed by atoms with Crippen LogP contribution >= 0.6 is 11.6 Å². The summed E-state index contributed by atoms with van der Waals surface area (Å²) in [5.41, 5.74) is 0.563. The Morgan fingerprint density at radius 2 is 1.95 bits per heavy atom. The number of hydrogen-bond donors (Lipinski definition) is 2. The molecule has 1 aliphatic rings. The van der Waals surface area contributed by atoms with Crippen LogP contribution in [0.25, 0.3) is 0 Å². The number of hydrogen-bond acceptors (Lipinski definition) is 3. The maximum absolute atomic E-state index is 12.3. The van der Waals surface area contributed by atoms with Crippen molar-refractivity contribution in [2.24, 2.45) is 0 Å². The Hall–Kier alpha value is -1.39. The Morgan fingerprint density at radius 3 is 2.47 bits per heavy atom. The predicted octanol–water partition coefficient (Wildman–Crippen LogP) is 2.51. The predicted molar refractivity (Wildman–Crippen MR) is 72.6 cm³/mol. The van der Waals surface area contributed by atoms with Crippen LogP contribution in [0.4, 0.5) is 0 Å². The molecule has 2 rings (SSSR count). The second kappa shape index (κ2) is 6.17. The lowest BCUT2D eigenvalue weighted by Crippen LogP contribution is -2.38. The van der Waals surface area contributed by atoms with Crippen LogP contribution in [-0.4, -0.2) is 28.9 Å². The van der Waals surface area contributed by atoms with Gasteiger partial charge in [0.25, 0.3) is 0 Å². The third-order valence-corrected chi connectivity index (χ3v) is 3.36. The van der Waals surface area contributed by atoms with Crippen LogP contribution in [0, 0.1) is 0 Å². The zero-order chi connectivity index (χ0) is 13.8. The third kappa shape index (κ3) is 4.33. The summed E-state index contributed by atoms with van der Waals surface area (Å²) in [5, 5.41) is 12.5. The highest BCUT2D eigenvalue weighted by Crippen LogP contribution is 2.22. The van der Waals surface area contributed by atoms with E-state index in [1.807, 2.05) is 0 Å².